The van der Waals surface area contributed by atoms with E-state index >= 15 is 0 Å². The Morgan fingerprint density at radius 1 is 0.364 bits per heavy atom. The Hall–Kier alpha value is -3.84. The maximum absolute atomic E-state index is 3.49. The minimum absolute atomic E-state index is 1.09. The zero-order valence-corrected chi connectivity index (χ0v) is 20.0. The monoisotopic (exact) mass is 431 g/mol. The van der Waals surface area contributed by atoms with Gasteiger partial charge in [-0.25, -0.2) is 0 Å². The van der Waals surface area contributed by atoms with Crippen LogP contribution in [-0.2, 0) is 0 Å². The summed E-state index contributed by atoms with van der Waals surface area (Å²) in [7, 11) is 0. The van der Waals surface area contributed by atoms with Gasteiger partial charge >= 0.3 is 0 Å². The number of anilines is 2. The van der Waals surface area contributed by atoms with Crippen LogP contribution in [-0.4, -0.2) is 0 Å². The van der Waals surface area contributed by atoms with Crippen molar-refractivity contribution in [2.24, 2.45) is 0 Å². The first-order valence-corrected chi connectivity index (χ1v) is 11.9. The SMILES string of the molecule is CC.CC.c1ccc(-c2ccc(Nc3ccc(-c4ccc5ccccc5c4)cc3)cc2)cc1. The number of hydrogen-bond donors (Lipinski definition) is 1. The van der Waals surface area contributed by atoms with E-state index in [9.17, 15) is 0 Å². The summed E-state index contributed by atoms with van der Waals surface area (Å²) in [5.74, 6) is 0. The molecule has 0 saturated heterocycles. The molecule has 0 aliphatic heterocycles. The second-order valence-corrected chi connectivity index (χ2v) is 7.21. The van der Waals surface area contributed by atoms with Crippen LogP contribution in [0.5, 0.6) is 0 Å². The lowest BCUT2D eigenvalue weighted by Gasteiger charge is -2.09. The second kappa shape index (κ2) is 12.3. The maximum atomic E-state index is 3.49. The molecule has 1 N–H and O–H groups in total. The zero-order chi connectivity index (χ0) is 23.5. The fourth-order valence-electron chi connectivity index (χ4n) is 3.66. The smallest absolute Gasteiger partial charge is 0.0384 e. The molecule has 0 unspecified atom stereocenters. The van der Waals surface area contributed by atoms with Crippen molar-refractivity contribution in [1.82, 2.24) is 0 Å². The van der Waals surface area contributed by atoms with E-state index in [1.807, 2.05) is 33.8 Å². The van der Waals surface area contributed by atoms with E-state index in [2.05, 4.69) is 121 Å². The van der Waals surface area contributed by atoms with Gasteiger partial charge in [-0.05, 0) is 63.4 Å². The number of hydrogen-bond acceptors (Lipinski definition) is 1. The van der Waals surface area contributed by atoms with Crippen LogP contribution in [0, 0.1) is 0 Å². The van der Waals surface area contributed by atoms with Crippen LogP contribution in [0.2, 0.25) is 0 Å². The van der Waals surface area contributed by atoms with E-state index in [1.165, 1.54) is 33.0 Å². The summed E-state index contributed by atoms with van der Waals surface area (Å²) in [6, 6.07) is 42.7. The van der Waals surface area contributed by atoms with Crippen LogP contribution in [0.15, 0.2) is 121 Å². The molecule has 0 aromatic heterocycles. The van der Waals surface area contributed by atoms with Gasteiger partial charge in [0.15, 0.2) is 0 Å². The first-order valence-electron chi connectivity index (χ1n) is 11.9. The summed E-state index contributed by atoms with van der Waals surface area (Å²) in [6.45, 7) is 8.00. The summed E-state index contributed by atoms with van der Waals surface area (Å²) in [4.78, 5) is 0. The van der Waals surface area contributed by atoms with E-state index < -0.39 is 0 Å². The van der Waals surface area contributed by atoms with Crippen LogP contribution in [0.4, 0.5) is 11.4 Å². The Labute approximate surface area is 198 Å². The number of nitrogens with one attached hydrogen (secondary N) is 1. The van der Waals surface area contributed by atoms with Gasteiger partial charge in [-0.3, -0.25) is 0 Å². The third-order valence-corrected chi connectivity index (χ3v) is 5.25. The molecule has 0 aliphatic carbocycles. The highest BCUT2D eigenvalue weighted by atomic mass is 14.9. The van der Waals surface area contributed by atoms with Gasteiger partial charge in [0.05, 0.1) is 0 Å². The molecule has 166 valence electrons. The van der Waals surface area contributed by atoms with Gasteiger partial charge in [0.25, 0.3) is 0 Å². The van der Waals surface area contributed by atoms with Gasteiger partial charge in [0.2, 0.25) is 0 Å². The Morgan fingerprint density at radius 2 is 0.788 bits per heavy atom. The average molecular weight is 432 g/mol. The van der Waals surface area contributed by atoms with Crippen molar-refractivity contribution in [3.8, 4) is 22.3 Å². The first-order chi connectivity index (χ1) is 16.3. The molecule has 5 aromatic carbocycles. The molecular weight excluding hydrogens is 398 g/mol. The topological polar surface area (TPSA) is 12.0 Å². The van der Waals surface area contributed by atoms with E-state index in [0.717, 1.165) is 11.4 Å². The lowest BCUT2D eigenvalue weighted by molar-refractivity contribution is 1.50. The summed E-state index contributed by atoms with van der Waals surface area (Å²) in [5.41, 5.74) is 7.09. The quantitative estimate of drug-likeness (QED) is 0.298. The summed E-state index contributed by atoms with van der Waals surface area (Å²) >= 11 is 0. The largest absolute Gasteiger partial charge is 0.356 e. The molecule has 0 fully saturated rings. The van der Waals surface area contributed by atoms with Crippen LogP contribution in [0.3, 0.4) is 0 Å². The normalized spacial score (nSPS) is 9.82. The molecular formula is C32H33N. The molecule has 0 spiro atoms. The molecule has 0 atom stereocenters. The number of rotatable bonds is 4. The van der Waals surface area contributed by atoms with Gasteiger partial charge in [0.1, 0.15) is 0 Å². The predicted octanol–water partition coefficient (Wildman–Crippen LogP) is 9.97. The van der Waals surface area contributed by atoms with Crippen molar-refractivity contribution < 1.29 is 0 Å². The summed E-state index contributed by atoms with van der Waals surface area (Å²) in [5, 5.41) is 6.03. The molecule has 33 heavy (non-hydrogen) atoms. The molecule has 1 heteroatoms. The van der Waals surface area contributed by atoms with Gasteiger partial charge in [-0.2, -0.15) is 0 Å². The minimum Gasteiger partial charge on any atom is -0.356 e. The van der Waals surface area contributed by atoms with Crippen molar-refractivity contribution in [2.75, 3.05) is 5.32 Å². The highest BCUT2D eigenvalue weighted by Gasteiger charge is 2.02. The molecule has 5 aromatic rings. The van der Waals surface area contributed by atoms with Crippen LogP contribution in [0.25, 0.3) is 33.0 Å². The van der Waals surface area contributed by atoms with Gasteiger partial charge in [-0.15, -0.1) is 0 Å². The first kappa shape index (κ1) is 23.8. The Kier molecular flexibility index (Phi) is 8.85. The van der Waals surface area contributed by atoms with Crippen molar-refractivity contribution in [2.45, 2.75) is 27.7 Å². The van der Waals surface area contributed by atoms with Crippen molar-refractivity contribution in [3.05, 3.63) is 121 Å². The molecule has 0 radical (unpaired) electrons. The fourth-order valence-corrected chi connectivity index (χ4v) is 3.66. The standard InChI is InChI=1S/C28H21N.2C2H6/c1-2-6-21(7-3-1)23-12-16-27(17-13-23)29-28-18-14-24(15-19-28)26-11-10-22-8-4-5-9-25(22)20-26;2*1-2/h1-20,29H;2*1-2H3. The average Bonchev–Trinajstić information content (AvgIpc) is 2.92. The molecule has 0 saturated carbocycles. The van der Waals surface area contributed by atoms with Gasteiger partial charge in [0, 0.05) is 11.4 Å². The van der Waals surface area contributed by atoms with E-state index in [0.29, 0.717) is 0 Å². The van der Waals surface area contributed by atoms with Crippen molar-refractivity contribution in [3.63, 3.8) is 0 Å². The Bertz CT molecular complexity index is 1240. The van der Waals surface area contributed by atoms with Crippen LogP contribution < -0.4 is 5.32 Å². The Morgan fingerprint density at radius 3 is 1.36 bits per heavy atom. The Balaban J connectivity index is 0.000000728. The fraction of sp³-hybridized carbons (Fsp3) is 0.125. The molecule has 0 heterocycles. The summed E-state index contributed by atoms with van der Waals surface area (Å²) in [6.07, 6.45) is 0. The highest BCUT2D eigenvalue weighted by Crippen LogP contribution is 2.27. The number of benzene rings is 5. The lowest BCUT2D eigenvalue weighted by atomic mass is 10.0. The van der Waals surface area contributed by atoms with Crippen LogP contribution in [0.1, 0.15) is 27.7 Å². The highest BCUT2D eigenvalue weighted by molar-refractivity contribution is 5.87. The van der Waals surface area contributed by atoms with E-state index in [4.69, 9.17) is 0 Å². The third kappa shape index (κ3) is 6.11. The van der Waals surface area contributed by atoms with Crippen molar-refractivity contribution >= 4 is 22.1 Å². The predicted molar refractivity (Wildman–Crippen MR) is 147 cm³/mol. The molecule has 5 rings (SSSR count). The lowest BCUT2D eigenvalue weighted by Crippen LogP contribution is -1.90. The minimum atomic E-state index is 1.09. The molecule has 1 nitrogen and oxygen atoms in total. The maximum Gasteiger partial charge on any atom is 0.0384 e. The zero-order valence-electron chi connectivity index (χ0n) is 20.0. The molecule has 0 aliphatic rings. The van der Waals surface area contributed by atoms with E-state index in [-0.39, 0.29) is 0 Å². The number of fused-ring (bicyclic) bond motifs is 1. The van der Waals surface area contributed by atoms with Gasteiger partial charge < -0.3 is 5.32 Å². The van der Waals surface area contributed by atoms with Crippen LogP contribution >= 0.6 is 0 Å². The second-order valence-electron chi connectivity index (χ2n) is 7.21. The molecule has 0 bridgehead atoms. The molecule has 0 amide bonds. The van der Waals surface area contributed by atoms with E-state index in [1.54, 1.807) is 0 Å². The van der Waals surface area contributed by atoms with Gasteiger partial charge in [-0.1, -0.05) is 119 Å². The van der Waals surface area contributed by atoms with Crippen molar-refractivity contribution in [1.29, 1.82) is 0 Å². The third-order valence-electron chi connectivity index (χ3n) is 5.25. The summed E-state index contributed by atoms with van der Waals surface area (Å²) < 4.78 is 0.